The van der Waals surface area contributed by atoms with E-state index in [2.05, 4.69) is 10.2 Å². The molecule has 0 radical (unpaired) electrons. The molecule has 0 saturated heterocycles. The summed E-state index contributed by atoms with van der Waals surface area (Å²) >= 11 is 0. The third kappa shape index (κ3) is 2.45. The minimum Gasteiger partial charge on any atom is -0.396 e. The van der Waals surface area contributed by atoms with Gasteiger partial charge in [0.25, 0.3) is 0 Å². The molecule has 2 N–H and O–H groups in total. The zero-order valence-electron chi connectivity index (χ0n) is 10.9. The molecule has 1 unspecified atom stereocenters. The molecule has 2 heterocycles. The van der Waals surface area contributed by atoms with Crippen LogP contribution in [0.1, 0.15) is 12.2 Å². The quantitative estimate of drug-likeness (QED) is 0.651. The summed E-state index contributed by atoms with van der Waals surface area (Å²) in [5.41, 5.74) is 5.87. The summed E-state index contributed by atoms with van der Waals surface area (Å²) < 4.78 is 53.2. The molecule has 8 heteroatoms. The van der Waals surface area contributed by atoms with Crippen molar-refractivity contribution in [1.82, 2.24) is 14.8 Å². The van der Waals surface area contributed by atoms with E-state index in [1.807, 2.05) is 0 Å². The number of aromatic nitrogens is 3. The van der Waals surface area contributed by atoms with Gasteiger partial charge in [0.15, 0.2) is 5.82 Å². The van der Waals surface area contributed by atoms with E-state index in [9.17, 15) is 17.6 Å². The van der Waals surface area contributed by atoms with Crippen molar-refractivity contribution in [2.24, 2.45) is 5.92 Å². The van der Waals surface area contributed by atoms with Crippen LogP contribution in [-0.4, -0.2) is 20.9 Å². The van der Waals surface area contributed by atoms with E-state index in [0.29, 0.717) is 11.4 Å². The Balaban J connectivity index is 2.00. The van der Waals surface area contributed by atoms with Gasteiger partial charge in [-0.25, -0.2) is 4.39 Å². The standard InChI is InChI=1S/C13H12F4N4/c14-9-3-1-7(5-10(9)18)12-20-19-11-4-2-8(6-21(11)12)13(15,16)17/h1,3,5,8H,2,4,6,18H2. The first-order valence-corrected chi connectivity index (χ1v) is 6.40. The van der Waals surface area contributed by atoms with Gasteiger partial charge < -0.3 is 10.3 Å². The summed E-state index contributed by atoms with van der Waals surface area (Å²) in [6.07, 6.45) is -4.03. The average Bonchev–Trinajstić information content (AvgIpc) is 2.84. The number of alkyl halides is 3. The molecule has 3 rings (SSSR count). The molecule has 0 aliphatic carbocycles. The molecule has 1 aliphatic rings. The average molecular weight is 300 g/mol. The highest BCUT2D eigenvalue weighted by molar-refractivity contribution is 5.61. The summed E-state index contributed by atoms with van der Waals surface area (Å²) in [7, 11) is 0. The highest BCUT2D eigenvalue weighted by atomic mass is 19.4. The van der Waals surface area contributed by atoms with Gasteiger partial charge in [-0.2, -0.15) is 13.2 Å². The summed E-state index contributed by atoms with van der Waals surface area (Å²) in [5.74, 6) is -1.21. The fourth-order valence-corrected chi connectivity index (χ4v) is 2.49. The Bertz CT molecular complexity index is 677. The van der Waals surface area contributed by atoms with Gasteiger partial charge in [-0.3, -0.25) is 0 Å². The van der Waals surface area contributed by atoms with Crippen LogP contribution >= 0.6 is 0 Å². The normalized spacial score (nSPS) is 18.6. The molecule has 0 spiro atoms. The third-order valence-electron chi connectivity index (χ3n) is 3.66. The topological polar surface area (TPSA) is 56.7 Å². The first-order chi connectivity index (χ1) is 9.86. The molecule has 1 aromatic heterocycles. The van der Waals surface area contributed by atoms with Crippen LogP contribution in [0.4, 0.5) is 23.2 Å². The largest absolute Gasteiger partial charge is 0.396 e. The van der Waals surface area contributed by atoms with Crippen molar-refractivity contribution in [3.05, 3.63) is 29.8 Å². The van der Waals surface area contributed by atoms with Gasteiger partial charge in [0.2, 0.25) is 0 Å². The van der Waals surface area contributed by atoms with Gasteiger partial charge in [-0.1, -0.05) is 0 Å². The molecule has 21 heavy (non-hydrogen) atoms. The number of nitrogens with zero attached hydrogens (tertiary/aromatic N) is 3. The minimum atomic E-state index is -4.25. The summed E-state index contributed by atoms with van der Waals surface area (Å²) in [5, 5.41) is 7.84. The molecular weight excluding hydrogens is 288 g/mol. The fourth-order valence-electron chi connectivity index (χ4n) is 2.49. The van der Waals surface area contributed by atoms with E-state index in [-0.39, 0.29) is 30.9 Å². The zero-order valence-corrected chi connectivity index (χ0v) is 10.9. The van der Waals surface area contributed by atoms with Crippen molar-refractivity contribution in [2.45, 2.75) is 25.6 Å². The van der Waals surface area contributed by atoms with E-state index in [0.717, 1.165) is 6.07 Å². The summed E-state index contributed by atoms with van der Waals surface area (Å²) in [6.45, 7) is -0.224. The molecule has 1 aromatic carbocycles. The Kier molecular flexibility index (Phi) is 3.11. The maximum absolute atomic E-state index is 13.2. The number of hydrogen-bond acceptors (Lipinski definition) is 3. The Hall–Kier alpha value is -2.12. The van der Waals surface area contributed by atoms with Crippen LogP contribution in [0, 0.1) is 11.7 Å². The summed E-state index contributed by atoms with van der Waals surface area (Å²) in [4.78, 5) is 0. The number of nitrogens with two attached hydrogens (primary N) is 1. The SMILES string of the molecule is Nc1cc(-c2nnc3n2CC(C(F)(F)F)CC3)ccc1F. The number of hydrogen-bond donors (Lipinski definition) is 1. The van der Waals surface area contributed by atoms with Crippen LogP contribution < -0.4 is 5.73 Å². The van der Waals surface area contributed by atoms with Crippen LogP contribution in [0.5, 0.6) is 0 Å². The van der Waals surface area contributed by atoms with Gasteiger partial charge in [0.1, 0.15) is 11.6 Å². The predicted octanol–water partition coefficient (Wildman–Crippen LogP) is 2.79. The summed E-state index contributed by atoms with van der Waals surface area (Å²) in [6, 6.07) is 3.94. The second-order valence-electron chi connectivity index (χ2n) is 5.06. The lowest BCUT2D eigenvalue weighted by molar-refractivity contribution is -0.182. The van der Waals surface area contributed by atoms with E-state index in [1.165, 1.54) is 16.7 Å². The maximum Gasteiger partial charge on any atom is 0.393 e. The second kappa shape index (κ2) is 4.71. The molecule has 4 nitrogen and oxygen atoms in total. The van der Waals surface area contributed by atoms with Crippen LogP contribution in [0.15, 0.2) is 18.2 Å². The lowest BCUT2D eigenvalue weighted by Gasteiger charge is -2.26. The zero-order chi connectivity index (χ0) is 15.2. The van der Waals surface area contributed by atoms with E-state index >= 15 is 0 Å². The lowest BCUT2D eigenvalue weighted by Crippen LogP contribution is -2.32. The van der Waals surface area contributed by atoms with E-state index in [4.69, 9.17) is 5.73 Å². The van der Waals surface area contributed by atoms with E-state index in [1.54, 1.807) is 0 Å². The van der Waals surface area contributed by atoms with Crippen LogP contribution in [0.25, 0.3) is 11.4 Å². The highest BCUT2D eigenvalue weighted by Gasteiger charge is 2.42. The molecule has 1 aliphatic heterocycles. The number of anilines is 1. The van der Waals surface area contributed by atoms with Crippen LogP contribution in [0.3, 0.4) is 0 Å². The van der Waals surface area contributed by atoms with Crippen molar-refractivity contribution in [2.75, 3.05) is 5.73 Å². The van der Waals surface area contributed by atoms with Crippen molar-refractivity contribution in [3.63, 3.8) is 0 Å². The molecule has 2 aromatic rings. The number of rotatable bonds is 1. The molecular formula is C13H12F4N4. The van der Waals surface area contributed by atoms with Gasteiger partial charge in [-0.05, 0) is 24.6 Å². The van der Waals surface area contributed by atoms with Crippen molar-refractivity contribution in [1.29, 1.82) is 0 Å². The maximum atomic E-state index is 13.2. The highest BCUT2D eigenvalue weighted by Crippen LogP contribution is 2.36. The van der Waals surface area contributed by atoms with Crippen LogP contribution in [-0.2, 0) is 13.0 Å². The van der Waals surface area contributed by atoms with Gasteiger partial charge in [0.05, 0.1) is 11.6 Å². The minimum absolute atomic E-state index is 0.00713. The molecule has 0 saturated carbocycles. The molecule has 0 bridgehead atoms. The smallest absolute Gasteiger partial charge is 0.393 e. The van der Waals surface area contributed by atoms with Crippen molar-refractivity contribution < 1.29 is 17.6 Å². The molecule has 0 fully saturated rings. The second-order valence-corrected chi connectivity index (χ2v) is 5.06. The molecule has 112 valence electrons. The number of benzene rings is 1. The first-order valence-electron chi connectivity index (χ1n) is 6.40. The fraction of sp³-hybridized carbons (Fsp3) is 0.385. The molecule has 1 atom stereocenters. The number of nitrogen functional groups attached to an aromatic ring is 1. The van der Waals surface area contributed by atoms with Gasteiger partial charge in [-0.15, -0.1) is 10.2 Å². The first kappa shape index (κ1) is 13.8. The Morgan fingerprint density at radius 1 is 1.24 bits per heavy atom. The number of aryl methyl sites for hydroxylation is 1. The van der Waals surface area contributed by atoms with Gasteiger partial charge in [0, 0.05) is 18.5 Å². The third-order valence-corrected chi connectivity index (χ3v) is 3.66. The monoisotopic (exact) mass is 300 g/mol. The number of halogens is 4. The molecule has 0 amide bonds. The predicted molar refractivity (Wildman–Crippen MR) is 67.7 cm³/mol. The van der Waals surface area contributed by atoms with Crippen LogP contribution in [0.2, 0.25) is 0 Å². The number of fused-ring (bicyclic) bond motifs is 1. The Morgan fingerprint density at radius 3 is 2.67 bits per heavy atom. The van der Waals surface area contributed by atoms with E-state index < -0.39 is 17.9 Å². The Labute approximate surface area is 117 Å². The van der Waals surface area contributed by atoms with Crippen molar-refractivity contribution in [3.8, 4) is 11.4 Å². The van der Waals surface area contributed by atoms with Crippen molar-refractivity contribution >= 4 is 5.69 Å². The Morgan fingerprint density at radius 2 is 2.00 bits per heavy atom. The lowest BCUT2D eigenvalue weighted by atomic mass is 9.98. The van der Waals surface area contributed by atoms with Gasteiger partial charge >= 0.3 is 6.18 Å².